The van der Waals surface area contributed by atoms with Gasteiger partial charge in [0.1, 0.15) is 24.7 Å². The highest BCUT2D eigenvalue weighted by Crippen LogP contribution is 2.20. The average Bonchev–Trinajstić information content (AvgIpc) is 3.10. The van der Waals surface area contributed by atoms with Gasteiger partial charge in [-0.15, -0.1) is 0 Å². The Morgan fingerprint density at radius 2 is 1.88 bits per heavy atom. The molecule has 134 valence electrons. The Morgan fingerprint density at radius 3 is 2.64 bits per heavy atom. The lowest BCUT2D eigenvalue weighted by molar-refractivity contribution is 0.0680. The van der Waals surface area contributed by atoms with Crippen LogP contribution in [0.4, 0.5) is 5.69 Å². The molecule has 0 aliphatic carbocycles. The molecule has 0 saturated carbocycles. The van der Waals surface area contributed by atoms with Crippen LogP contribution in [-0.4, -0.2) is 32.5 Å². The molecule has 1 heterocycles. The van der Waals surface area contributed by atoms with Gasteiger partial charge in [-0.25, -0.2) is 0 Å². The molecule has 0 radical (unpaired) electrons. The molecule has 25 heavy (non-hydrogen) atoms. The molecule has 1 fully saturated rings. The molecule has 1 unspecified atom stereocenters. The lowest BCUT2D eigenvalue weighted by Crippen LogP contribution is -2.16. The summed E-state index contributed by atoms with van der Waals surface area (Å²) in [4.78, 5) is 0. The quantitative estimate of drug-likeness (QED) is 0.725. The van der Waals surface area contributed by atoms with Crippen molar-refractivity contribution in [2.24, 2.45) is 0 Å². The Bertz CT molecular complexity index is 660. The second-order valence-corrected chi connectivity index (χ2v) is 6.57. The molecule has 0 amide bonds. The standard InChI is InChI=1S/C21H27NO3/c1-16-11-17(2)13-21(12-16)24-10-8-22-18-5-3-6-19(14-18)25-15-20-7-4-9-23-20/h3,5-6,11-14,20,22H,4,7-10,15H2,1-2H3. The number of benzene rings is 2. The molecule has 0 bridgehead atoms. The normalized spacial score (nSPS) is 16.6. The maximum atomic E-state index is 5.84. The third-order valence-corrected chi connectivity index (χ3v) is 4.19. The summed E-state index contributed by atoms with van der Waals surface area (Å²) in [5, 5.41) is 3.38. The van der Waals surface area contributed by atoms with Gasteiger partial charge in [0.05, 0.1) is 6.10 Å². The maximum Gasteiger partial charge on any atom is 0.121 e. The second-order valence-electron chi connectivity index (χ2n) is 6.57. The van der Waals surface area contributed by atoms with Gasteiger partial charge in [-0.3, -0.25) is 0 Å². The fourth-order valence-corrected chi connectivity index (χ4v) is 3.04. The lowest BCUT2D eigenvalue weighted by Gasteiger charge is -2.13. The van der Waals surface area contributed by atoms with Gasteiger partial charge in [-0.1, -0.05) is 12.1 Å². The van der Waals surface area contributed by atoms with Gasteiger partial charge in [0, 0.05) is 24.9 Å². The maximum absolute atomic E-state index is 5.84. The van der Waals surface area contributed by atoms with Gasteiger partial charge in [0.25, 0.3) is 0 Å². The zero-order valence-corrected chi connectivity index (χ0v) is 15.1. The summed E-state index contributed by atoms with van der Waals surface area (Å²) in [7, 11) is 0. The van der Waals surface area contributed by atoms with E-state index in [1.807, 2.05) is 24.3 Å². The number of anilines is 1. The van der Waals surface area contributed by atoms with Crippen LogP contribution in [0.1, 0.15) is 24.0 Å². The van der Waals surface area contributed by atoms with Crippen LogP contribution in [0.5, 0.6) is 11.5 Å². The van der Waals surface area contributed by atoms with Gasteiger partial charge < -0.3 is 19.5 Å². The van der Waals surface area contributed by atoms with Crippen molar-refractivity contribution in [2.45, 2.75) is 32.8 Å². The lowest BCUT2D eigenvalue weighted by atomic mass is 10.1. The van der Waals surface area contributed by atoms with Crippen molar-refractivity contribution in [1.29, 1.82) is 0 Å². The number of nitrogens with one attached hydrogen (secondary N) is 1. The highest BCUT2D eigenvalue weighted by Gasteiger charge is 2.15. The molecule has 1 saturated heterocycles. The number of rotatable bonds is 8. The molecular formula is C21H27NO3. The largest absolute Gasteiger partial charge is 0.492 e. The topological polar surface area (TPSA) is 39.7 Å². The van der Waals surface area contributed by atoms with Crippen molar-refractivity contribution in [3.05, 3.63) is 53.6 Å². The fourth-order valence-electron chi connectivity index (χ4n) is 3.04. The third kappa shape index (κ3) is 5.68. The molecule has 2 aromatic rings. The molecule has 1 aliphatic heterocycles. The second kappa shape index (κ2) is 8.77. The average molecular weight is 341 g/mol. The van der Waals surface area contributed by atoms with Crippen molar-refractivity contribution in [1.82, 2.24) is 0 Å². The minimum Gasteiger partial charge on any atom is -0.492 e. The predicted octanol–water partition coefficient (Wildman–Crippen LogP) is 4.35. The number of hydrogen-bond acceptors (Lipinski definition) is 4. The van der Waals surface area contributed by atoms with E-state index in [0.29, 0.717) is 13.2 Å². The van der Waals surface area contributed by atoms with Crippen LogP contribution >= 0.6 is 0 Å². The number of aryl methyl sites for hydroxylation is 2. The van der Waals surface area contributed by atoms with E-state index in [4.69, 9.17) is 14.2 Å². The van der Waals surface area contributed by atoms with Crippen molar-refractivity contribution in [3.63, 3.8) is 0 Å². The third-order valence-electron chi connectivity index (χ3n) is 4.19. The summed E-state index contributed by atoms with van der Waals surface area (Å²) in [5.74, 6) is 1.80. The molecule has 4 heteroatoms. The van der Waals surface area contributed by atoms with Crippen molar-refractivity contribution < 1.29 is 14.2 Å². The first-order valence-corrected chi connectivity index (χ1v) is 8.98. The molecule has 1 N–H and O–H groups in total. The van der Waals surface area contributed by atoms with E-state index in [-0.39, 0.29) is 6.10 Å². The zero-order chi connectivity index (χ0) is 17.5. The SMILES string of the molecule is Cc1cc(C)cc(OCCNc2cccc(OCC3CCCO3)c2)c1. The molecule has 3 rings (SSSR count). The first-order valence-electron chi connectivity index (χ1n) is 8.98. The van der Waals surface area contributed by atoms with Crippen LogP contribution in [-0.2, 0) is 4.74 Å². The van der Waals surface area contributed by atoms with Crippen LogP contribution < -0.4 is 14.8 Å². The van der Waals surface area contributed by atoms with E-state index in [1.54, 1.807) is 0 Å². The smallest absolute Gasteiger partial charge is 0.121 e. The first-order chi connectivity index (χ1) is 12.2. The highest BCUT2D eigenvalue weighted by molar-refractivity contribution is 5.48. The Labute approximate surface area is 150 Å². The summed E-state index contributed by atoms with van der Waals surface area (Å²) < 4.78 is 17.2. The Kier molecular flexibility index (Phi) is 6.18. The zero-order valence-electron chi connectivity index (χ0n) is 15.1. The van der Waals surface area contributed by atoms with Crippen LogP contribution in [0, 0.1) is 13.8 Å². The number of hydrogen-bond donors (Lipinski definition) is 1. The summed E-state index contributed by atoms with van der Waals surface area (Å²) in [6.07, 6.45) is 2.46. The Balaban J connectivity index is 1.42. The van der Waals surface area contributed by atoms with Crippen LogP contribution in [0.25, 0.3) is 0 Å². The van der Waals surface area contributed by atoms with E-state index in [9.17, 15) is 0 Å². The van der Waals surface area contributed by atoms with E-state index >= 15 is 0 Å². The van der Waals surface area contributed by atoms with Crippen LogP contribution in [0.15, 0.2) is 42.5 Å². The Hall–Kier alpha value is -2.20. The Morgan fingerprint density at radius 1 is 1.04 bits per heavy atom. The minimum atomic E-state index is 0.239. The monoisotopic (exact) mass is 341 g/mol. The van der Waals surface area contributed by atoms with Gasteiger partial charge in [-0.2, -0.15) is 0 Å². The molecule has 0 aromatic heterocycles. The molecule has 2 aromatic carbocycles. The minimum absolute atomic E-state index is 0.239. The number of ether oxygens (including phenoxy) is 3. The van der Waals surface area contributed by atoms with Gasteiger partial charge in [0.2, 0.25) is 0 Å². The molecule has 0 spiro atoms. The predicted molar refractivity (Wildman–Crippen MR) is 101 cm³/mol. The summed E-state index contributed by atoms with van der Waals surface area (Å²) in [6, 6.07) is 14.3. The molecule has 4 nitrogen and oxygen atoms in total. The van der Waals surface area contributed by atoms with Crippen molar-refractivity contribution >= 4 is 5.69 Å². The van der Waals surface area contributed by atoms with Crippen LogP contribution in [0.3, 0.4) is 0 Å². The molecule has 1 atom stereocenters. The van der Waals surface area contributed by atoms with Crippen molar-refractivity contribution in [2.75, 3.05) is 31.7 Å². The summed E-state index contributed by atoms with van der Waals surface area (Å²) in [5.41, 5.74) is 3.48. The highest BCUT2D eigenvalue weighted by atomic mass is 16.5. The summed E-state index contributed by atoms with van der Waals surface area (Å²) in [6.45, 7) is 7.00. The van der Waals surface area contributed by atoms with Crippen LogP contribution in [0.2, 0.25) is 0 Å². The van der Waals surface area contributed by atoms with E-state index in [2.05, 4.69) is 37.4 Å². The van der Waals surface area contributed by atoms with E-state index in [1.165, 1.54) is 11.1 Å². The van der Waals surface area contributed by atoms with Gasteiger partial charge >= 0.3 is 0 Å². The van der Waals surface area contributed by atoms with Gasteiger partial charge in [-0.05, 0) is 62.1 Å². The molecule has 1 aliphatic rings. The van der Waals surface area contributed by atoms with Gasteiger partial charge in [0.15, 0.2) is 0 Å². The fraction of sp³-hybridized carbons (Fsp3) is 0.429. The van der Waals surface area contributed by atoms with Crippen molar-refractivity contribution in [3.8, 4) is 11.5 Å². The molecular weight excluding hydrogens is 314 g/mol. The summed E-state index contributed by atoms with van der Waals surface area (Å²) >= 11 is 0. The first kappa shape index (κ1) is 17.6. The van der Waals surface area contributed by atoms with E-state index in [0.717, 1.165) is 43.2 Å². The van der Waals surface area contributed by atoms with E-state index < -0.39 is 0 Å².